The molecule has 0 aromatic heterocycles. The van der Waals surface area contributed by atoms with Crippen LogP contribution in [0.3, 0.4) is 0 Å². The first-order valence-corrected chi connectivity index (χ1v) is 8.82. The molecule has 0 fully saturated rings. The molecule has 28 heavy (non-hydrogen) atoms. The average molecular weight is 453 g/mol. The number of carboxylic acid groups (broad SMARTS) is 1. The number of nitrogens with one attached hydrogen (secondary N) is 1. The molecule has 1 heterocycles. The third-order valence-corrected chi connectivity index (χ3v) is 4.97. The third-order valence-electron chi connectivity index (χ3n) is 4.22. The van der Waals surface area contributed by atoms with Crippen molar-refractivity contribution in [2.24, 2.45) is 0 Å². The van der Waals surface area contributed by atoms with Gasteiger partial charge in [0, 0.05) is 21.2 Å². The second-order valence-corrected chi connectivity index (χ2v) is 7.39. The van der Waals surface area contributed by atoms with Crippen LogP contribution >= 0.6 is 34.8 Å². The van der Waals surface area contributed by atoms with Gasteiger partial charge in [0.05, 0.1) is 16.3 Å². The Kier molecular flexibility index (Phi) is 5.31. The number of hydroxylamine groups is 1. The van der Waals surface area contributed by atoms with Gasteiger partial charge >= 0.3 is 12.1 Å². The number of aromatic carboxylic acids is 1. The van der Waals surface area contributed by atoms with Crippen molar-refractivity contribution in [2.75, 3.05) is 0 Å². The highest BCUT2D eigenvalue weighted by Crippen LogP contribution is 2.48. The average Bonchev–Trinajstić information content (AvgIpc) is 3.01. The van der Waals surface area contributed by atoms with E-state index in [1.165, 1.54) is 25.1 Å². The fourth-order valence-corrected chi connectivity index (χ4v) is 3.65. The molecule has 0 bridgehead atoms. The van der Waals surface area contributed by atoms with Crippen molar-refractivity contribution in [2.45, 2.75) is 18.7 Å². The number of hydrogen-bond acceptors (Lipinski definition) is 3. The quantitative estimate of drug-likeness (QED) is 0.601. The molecular formula is C18H11Cl3F3NO3. The van der Waals surface area contributed by atoms with Gasteiger partial charge in [-0.25, -0.2) is 4.79 Å². The smallest absolute Gasteiger partial charge is 0.428 e. The highest BCUT2D eigenvalue weighted by molar-refractivity contribution is 6.34. The molecule has 2 aromatic carbocycles. The van der Waals surface area contributed by atoms with Crippen molar-refractivity contribution >= 4 is 46.5 Å². The first kappa shape index (κ1) is 20.8. The molecule has 1 unspecified atom stereocenters. The van der Waals surface area contributed by atoms with Gasteiger partial charge in [0.2, 0.25) is 5.60 Å². The van der Waals surface area contributed by atoms with E-state index in [-0.39, 0.29) is 37.5 Å². The molecule has 148 valence electrons. The van der Waals surface area contributed by atoms with Gasteiger partial charge in [-0.2, -0.15) is 13.2 Å². The molecule has 0 amide bonds. The van der Waals surface area contributed by atoms with Crippen LogP contribution in [-0.2, 0) is 10.4 Å². The van der Waals surface area contributed by atoms with Crippen LogP contribution in [0.15, 0.2) is 36.4 Å². The number of hydrogen-bond donors (Lipinski definition) is 2. The second-order valence-electron chi connectivity index (χ2n) is 6.11. The molecule has 0 spiro atoms. The number of carboxylic acids is 1. The van der Waals surface area contributed by atoms with Gasteiger partial charge in [0.1, 0.15) is 0 Å². The minimum atomic E-state index is -4.86. The predicted molar refractivity (Wildman–Crippen MR) is 99.5 cm³/mol. The van der Waals surface area contributed by atoms with Crippen LogP contribution in [0, 0.1) is 6.92 Å². The van der Waals surface area contributed by atoms with Gasteiger partial charge in [-0.05, 0) is 48.9 Å². The highest BCUT2D eigenvalue weighted by atomic mass is 35.5. The minimum absolute atomic E-state index is 0.0104. The Hall–Kier alpha value is -1.93. The first-order chi connectivity index (χ1) is 12.9. The largest absolute Gasteiger partial charge is 0.478 e. The number of benzene rings is 2. The number of carbonyl (C=O) groups is 1. The lowest BCUT2D eigenvalue weighted by Gasteiger charge is -2.28. The van der Waals surface area contributed by atoms with E-state index in [4.69, 9.17) is 44.7 Å². The summed E-state index contributed by atoms with van der Waals surface area (Å²) in [6.07, 6.45) is -4.05. The van der Waals surface area contributed by atoms with E-state index in [1.54, 1.807) is 0 Å². The van der Waals surface area contributed by atoms with Crippen LogP contribution in [0.1, 0.15) is 27.0 Å². The van der Waals surface area contributed by atoms with Crippen LogP contribution in [0.5, 0.6) is 0 Å². The zero-order valence-electron chi connectivity index (χ0n) is 14.0. The molecule has 2 aromatic rings. The number of alkyl halides is 3. The second kappa shape index (κ2) is 7.15. The van der Waals surface area contributed by atoms with E-state index in [0.717, 1.165) is 18.2 Å². The van der Waals surface area contributed by atoms with Crippen molar-refractivity contribution in [3.8, 4) is 0 Å². The number of halogens is 6. The Balaban J connectivity index is 2.18. The Morgan fingerprint density at radius 2 is 1.71 bits per heavy atom. The summed E-state index contributed by atoms with van der Waals surface area (Å²) in [4.78, 5) is 16.2. The summed E-state index contributed by atoms with van der Waals surface area (Å²) < 4.78 is 42.0. The maximum atomic E-state index is 14.0. The summed E-state index contributed by atoms with van der Waals surface area (Å²) in [6, 6.07) is 6.03. The lowest BCUT2D eigenvalue weighted by molar-refractivity contribution is -0.269. The van der Waals surface area contributed by atoms with Crippen molar-refractivity contribution in [1.29, 1.82) is 0 Å². The molecule has 4 nitrogen and oxygen atoms in total. The Labute approximate surface area is 172 Å². The molecule has 0 saturated carbocycles. The molecular weight excluding hydrogens is 442 g/mol. The van der Waals surface area contributed by atoms with Gasteiger partial charge in [-0.1, -0.05) is 34.8 Å². The molecule has 0 aliphatic carbocycles. The van der Waals surface area contributed by atoms with Crippen molar-refractivity contribution in [3.05, 3.63) is 73.7 Å². The summed E-state index contributed by atoms with van der Waals surface area (Å²) in [5.41, 5.74) is -0.587. The van der Waals surface area contributed by atoms with Gasteiger partial charge in [-0.3, -0.25) is 10.3 Å². The van der Waals surface area contributed by atoms with Crippen molar-refractivity contribution in [3.63, 3.8) is 0 Å². The monoisotopic (exact) mass is 451 g/mol. The zero-order valence-corrected chi connectivity index (χ0v) is 16.3. The molecule has 10 heteroatoms. The summed E-state index contributed by atoms with van der Waals surface area (Å²) in [5.74, 6) is -1.20. The SMILES string of the molecule is Cc1cc(C2=CC(c3cc(Cl)cc(Cl)c3)(C(F)(F)F)ON2)c(Cl)cc1C(=O)O. The van der Waals surface area contributed by atoms with E-state index in [0.29, 0.717) is 5.56 Å². The Bertz CT molecular complexity index is 987. The van der Waals surface area contributed by atoms with E-state index >= 15 is 0 Å². The van der Waals surface area contributed by atoms with Gasteiger partial charge < -0.3 is 5.11 Å². The fraction of sp³-hybridized carbons (Fsp3) is 0.167. The molecule has 0 saturated heterocycles. The minimum Gasteiger partial charge on any atom is -0.478 e. The van der Waals surface area contributed by atoms with Crippen molar-refractivity contribution in [1.82, 2.24) is 5.48 Å². The fourth-order valence-electron chi connectivity index (χ4n) is 2.86. The highest BCUT2D eigenvalue weighted by Gasteiger charge is 2.59. The zero-order chi connectivity index (χ0) is 20.9. The van der Waals surface area contributed by atoms with E-state index in [9.17, 15) is 18.0 Å². The summed E-state index contributed by atoms with van der Waals surface area (Å²) in [7, 11) is 0. The van der Waals surface area contributed by atoms with Crippen LogP contribution < -0.4 is 5.48 Å². The molecule has 2 N–H and O–H groups in total. The normalized spacial score (nSPS) is 19.3. The van der Waals surface area contributed by atoms with Gasteiger partial charge in [0.25, 0.3) is 0 Å². The molecule has 3 rings (SSSR count). The Morgan fingerprint density at radius 3 is 2.25 bits per heavy atom. The third kappa shape index (κ3) is 3.55. The van der Waals surface area contributed by atoms with Gasteiger partial charge in [0.15, 0.2) is 0 Å². The van der Waals surface area contributed by atoms with Crippen LogP contribution in [0.4, 0.5) is 13.2 Å². The van der Waals surface area contributed by atoms with E-state index in [2.05, 4.69) is 5.48 Å². The number of rotatable bonds is 3. The van der Waals surface area contributed by atoms with Gasteiger partial charge in [-0.15, -0.1) is 0 Å². The summed E-state index contributed by atoms with van der Waals surface area (Å²) in [6.45, 7) is 1.51. The maximum absolute atomic E-state index is 14.0. The molecule has 0 radical (unpaired) electrons. The summed E-state index contributed by atoms with van der Waals surface area (Å²) >= 11 is 17.8. The topological polar surface area (TPSA) is 58.6 Å². The Morgan fingerprint density at radius 1 is 1.11 bits per heavy atom. The summed E-state index contributed by atoms with van der Waals surface area (Å²) in [5, 5.41) is 9.12. The van der Waals surface area contributed by atoms with Crippen LogP contribution in [0.25, 0.3) is 5.70 Å². The predicted octanol–water partition coefficient (Wildman–Crippen LogP) is 5.99. The lowest BCUT2D eigenvalue weighted by Crippen LogP contribution is -2.42. The molecule has 1 aliphatic heterocycles. The lowest BCUT2D eigenvalue weighted by atomic mass is 9.91. The molecule has 1 atom stereocenters. The maximum Gasteiger partial charge on any atom is 0.428 e. The standard InChI is InChI=1S/C18H11Cl3F3NO3/c1-8-2-13(14(21)6-12(8)16(26)27)15-7-17(28-25-15,18(22,23)24)9-3-10(19)5-11(20)4-9/h2-7,25H,1H3,(H,26,27). The van der Waals surface area contributed by atoms with Crippen LogP contribution in [0.2, 0.25) is 15.1 Å². The van der Waals surface area contributed by atoms with E-state index in [1.807, 2.05) is 0 Å². The van der Waals surface area contributed by atoms with Crippen LogP contribution in [-0.4, -0.2) is 17.3 Å². The van der Waals surface area contributed by atoms with E-state index < -0.39 is 17.7 Å². The first-order valence-electron chi connectivity index (χ1n) is 7.68. The van der Waals surface area contributed by atoms with Crippen molar-refractivity contribution < 1.29 is 27.9 Å². The number of aryl methyl sites for hydroxylation is 1. The molecule has 1 aliphatic rings.